The Kier molecular flexibility index (Phi) is 7.64. The van der Waals surface area contributed by atoms with E-state index in [2.05, 4.69) is 10.2 Å². The van der Waals surface area contributed by atoms with Crippen LogP contribution in [0.25, 0.3) is 0 Å². The molecule has 142 valence electrons. The van der Waals surface area contributed by atoms with Gasteiger partial charge in [0.1, 0.15) is 5.82 Å². The minimum atomic E-state index is -3.53. The summed E-state index contributed by atoms with van der Waals surface area (Å²) < 4.78 is 40.0. The summed E-state index contributed by atoms with van der Waals surface area (Å²) in [6.45, 7) is 5.94. The fourth-order valence-electron chi connectivity index (χ4n) is 3.57. The maximum Gasteiger partial charge on any atom is 0.243 e. The van der Waals surface area contributed by atoms with Crippen LogP contribution in [-0.4, -0.2) is 63.4 Å². The molecule has 2 fully saturated rings. The van der Waals surface area contributed by atoms with E-state index in [0.29, 0.717) is 19.0 Å². The van der Waals surface area contributed by atoms with Crippen LogP contribution >= 0.6 is 12.4 Å². The fraction of sp³-hybridized carbons (Fsp3) is 0.647. The van der Waals surface area contributed by atoms with Crippen LogP contribution in [-0.2, 0) is 10.0 Å². The zero-order valence-corrected chi connectivity index (χ0v) is 16.0. The highest BCUT2D eigenvalue weighted by molar-refractivity contribution is 7.89. The molecule has 0 amide bonds. The Balaban J connectivity index is 0.00000225. The van der Waals surface area contributed by atoms with E-state index >= 15 is 0 Å². The number of nitrogens with zero attached hydrogens (tertiary/aromatic N) is 2. The maximum atomic E-state index is 13.0. The molecule has 8 heteroatoms. The summed E-state index contributed by atoms with van der Waals surface area (Å²) >= 11 is 0. The second kappa shape index (κ2) is 9.28. The highest BCUT2D eigenvalue weighted by Crippen LogP contribution is 2.19. The molecule has 2 heterocycles. The van der Waals surface area contributed by atoms with Gasteiger partial charge in [-0.3, -0.25) is 0 Å². The molecule has 1 N–H and O–H groups in total. The SMILES string of the molecule is Cl.O=S(=O)(c1ccc(F)cc1)N1CCCN(CC2CCCNC2)CC1. The van der Waals surface area contributed by atoms with E-state index in [0.717, 1.165) is 39.1 Å². The Bertz CT molecular complexity index is 636. The Hall–Kier alpha value is -0.730. The van der Waals surface area contributed by atoms with Crippen LogP contribution in [0.15, 0.2) is 29.2 Å². The Morgan fingerprint density at radius 2 is 1.84 bits per heavy atom. The van der Waals surface area contributed by atoms with Crippen molar-refractivity contribution in [1.82, 2.24) is 14.5 Å². The summed E-state index contributed by atoms with van der Waals surface area (Å²) in [5.74, 6) is 0.246. The van der Waals surface area contributed by atoms with Crippen LogP contribution in [0.4, 0.5) is 4.39 Å². The molecule has 25 heavy (non-hydrogen) atoms. The van der Waals surface area contributed by atoms with Gasteiger partial charge in [0.2, 0.25) is 10.0 Å². The van der Waals surface area contributed by atoms with Crippen LogP contribution < -0.4 is 5.32 Å². The predicted octanol–water partition coefficient (Wildman–Crippen LogP) is 1.94. The van der Waals surface area contributed by atoms with Gasteiger partial charge in [-0.2, -0.15) is 4.31 Å². The van der Waals surface area contributed by atoms with E-state index < -0.39 is 15.8 Å². The maximum absolute atomic E-state index is 13.0. The number of nitrogens with one attached hydrogen (secondary N) is 1. The average molecular weight is 392 g/mol. The predicted molar refractivity (Wildman–Crippen MR) is 99.1 cm³/mol. The summed E-state index contributed by atoms with van der Waals surface area (Å²) in [5, 5.41) is 3.44. The third kappa shape index (κ3) is 5.37. The first-order valence-corrected chi connectivity index (χ1v) is 10.2. The van der Waals surface area contributed by atoms with Crippen molar-refractivity contribution in [3.63, 3.8) is 0 Å². The number of sulfonamides is 1. The molecule has 2 saturated heterocycles. The van der Waals surface area contributed by atoms with Crippen LogP contribution in [0.2, 0.25) is 0 Å². The highest BCUT2D eigenvalue weighted by atomic mass is 35.5. The first-order chi connectivity index (χ1) is 11.6. The summed E-state index contributed by atoms with van der Waals surface area (Å²) in [7, 11) is -3.53. The van der Waals surface area contributed by atoms with Gasteiger partial charge in [0.15, 0.2) is 0 Å². The molecule has 0 aromatic heterocycles. The first kappa shape index (κ1) is 20.6. The molecule has 0 spiro atoms. The van der Waals surface area contributed by atoms with Crippen LogP contribution in [0.5, 0.6) is 0 Å². The van der Waals surface area contributed by atoms with Crippen LogP contribution in [0, 0.1) is 11.7 Å². The van der Waals surface area contributed by atoms with Crippen molar-refractivity contribution in [3.8, 4) is 0 Å². The van der Waals surface area contributed by atoms with E-state index in [1.165, 1.54) is 37.1 Å². The number of hydrogen-bond acceptors (Lipinski definition) is 4. The molecule has 0 saturated carbocycles. The van der Waals surface area contributed by atoms with Gasteiger partial charge in [-0.25, -0.2) is 12.8 Å². The number of hydrogen-bond donors (Lipinski definition) is 1. The summed E-state index contributed by atoms with van der Waals surface area (Å²) in [5.41, 5.74) is 0. The third-order valence-electron chi connectivity index (χ3n) is 4.91. The van der Waals surface area contributed by atoms with Crippen molar-refractivity contribution < 1.29 is 12.8 Å². The monoisotopic (exact) mass is 391 g/mol. The van der Waals surface area contributed by atoms with Crippen molar-refractivity contribution in [2.24, 2.45) is 5.92 Å². The standard InChI is InChI=1S/C17H26FN3O2S.ClH/c18-16-4-6-17(7-5-16)24(22,23)21-10-2-9-20(11-12-21)14-15-3-1-8-19-13-15;/h4-7,15,19H,1-3,8-14H2;1H. The smallest absolute Gasteiger partial charge is 0.243 e. The number of halogens is 2. The number of benzene rings is 1. The normalized spacial score (nSPS) is 23.6. The lowest BCUT2D eigenvalue weighted by Crippen LogP contribution is -2.40. The van der Waals surface area contributed by atoms with Gasteiger partial charge in [-0.15, -0.1) is 12.4 Å². The van der Waals surface area contributed by atoms with Gasteiger partial charge < -0.3 is 10.2 Å². The van der Waals surface area contributed by atoms with Gasteiger partial charge in [0.25, 0.3) is 0 Å². The van der Waals surface area contributed by atoms with E-state index in [-0.39, 0.29) is 17.3 Å². The lowest BCUT2D eigenvalue weighted by molar-refractivity contribution is 0.216. The van der Waals surface area contributed by atoms with E-state index in [1.807, 2.05) is 0 Å². The first-order valence-electron chi connectivity index (χ1n) is 8.74. The zero-order chi connectivity index (χ0) is 17.0. The second-order valence-corrected chi connectivity index (χ2v) is 8.66. The van der Waals surface area contributed by atoms with Crippen molar-refractivity contribution >= 4 is 22.4 Å². The van der Waals surface area contributed by atoms with Gasteiger partial charge in [-0.1, -0.05) is 0 Å². The minimum Gasteiger partial charge on any atom is -0.316 e. The van der Waals surface area contributed by atoms with Crippen molar-refractivity contribution in [2.75, 3.05) is 45.8 Å². The van der Waals surface area contributed by atoms with Gasteiger partial charge in [0, 0.05) is 26.2 Å². The molecule has 5 nitrogen and oxygen atoms in total. The topological polar surface area (TPSA) is 52.7 Å². The fourth-order valence-corrected chi connectivity index (χ4v) is 5.04. The summed E-state index contributed by atoms with van der Waals surface area (Å²) in [6.07, 6.45) is 3.31. The molecule has 1 unspecified atom stereocenters. The molecule has 1 atom stereocenters. The van der Waals surface area contributed by atoms with Crippen LogP contribution in [0.1, 0.15) is 19.3 Å². The molecule has 0 bridgehead atoms. The van der Waals surface area contributed by atoms with Crippen molar-refractivity contribution in [3.05, 3.63) is 30.1 Å². The van der Waals surface area contributed by atoms with E-state index in [4.69, 9.17) is 0 Å². The Labute approximate surface area is 156 Å². The molecule has 1 aromatic carbocycles. The molecular formula is C17H27ClFN3O2S. The number of piperidine rings is 1. The van der Waals surface area contributed by atoms with Gasteiger partial charge >= 0.3 is 0 Å². The molecule has 3 rings (SSSR count). The van der Waals surface area contributed by atoms with Crippen molar-refractivity contribution in [1.29, 1.82) is 0 Å². The molecule has 1 aromatic rings. The summed E-state index contributed by atoms with van der Waals surface area (Å²) in [4.78, 5) is 2.56. The van der Waals surface area contributed by atoms with Crippen molar-refractivity contribution in [2.45, 2.75) is 24.2 Å². The van der Waals surface area contributed by atoms with Crippen LogP contribution in [0.3, 0.4) is 0 Å². The highest BCUT2D eigenvalue weighted by Gasteiger charge is 2.27. The molecule has 0 aliphatic carbocycles. The number of rotatable bonds is 4. The lowest BCUT2D eigenvalue weighted by atomic mass is 9.99. The third-order valence-corrected chi connectivity index (χ3v) is 6.83. The Morgan fingerprint density at radius 1 is 1.08 bits per heavy atom. The quantitative estimate of drug-likeness (QED) is 0.852. The molecule has 2 aliphatic heterocycles. The lowest BCUT2D eigenvalue weighted by Gasteiger charge is -2.29. The second-order valence-electron chi connectivity index (χ2n) is 6.72. The van der Waals surface area contributed by atoms with Gasteiger partial charge in [-0.05, 0) is 69.1 Å². The summed E-state index contributed by atoms with van der Waals surface area (Å²) in [6, 6.07) is 5.10. The van der Waals surface area contributed by atoms with E-state index in [9.17, 15) is 12.8 Å². The average Bonchev–Trinajstić information content (AvgIpc) is 2.82. The Morgan fingerprint density at radius 3 is 2.52 bits per heavy atom. The van der Waals surface area contributed by atoms with Gasteiger partial charge in [0.05, 0.1) is 4.90 Å². The molecule has 2 aliphatic rings. The molecular weight excluding hydrogens is 365 g/mol. The minimum absolute atomic E-state index is 0. The zero-order valence-electron chi connectivity index (χ0n) is 14.4. The molecule has 0 radical (unpaired) electrons. The van der Waals surface area contributed by atoms with E-state index in [1.54, 1.807) is 4.31 Å². The largest absolute Gasteiger partial charge is 0.316 e.